The molecule has 0 radical (unpaired) electrons. The van der Waals surface area contributed by atoms with Crippen LogP contribution in [0.4, 0.5) is 5.69 Å². The van der Waals surface area contributed by atoms with E-state index < -0.39 is 15.6 Å². The number of benzene rings is 1. The molecule has 7 nitrogen and oxygen atoms in total. The van der Waals surface area contributed by atoms with Crippen molar-refractivity contribution in [2.24, 2.45) is 0 Å². The van der Waals surface area contributed by atoms with Gasteiger partial charge < -0.3 is 15.0 Å². The van der Waals surface area contributed by atoms with E-state index in [4.69, 9.17) is 4.74 Å². The van der Waals surface area contributed by atoms with Gasteiger partial charge in [0.25, 0.3) is 5.91 Å². The highest BCUT2D eigenvalue weighted by molar-refractivity contribution is 7.89. The molecule has 0 unspecified atom stereocenters. The summed E-state index contributed by atoms with van der Waals surface area (Å²) >= 11 is 0. The molecule has 1 fully saturated rings. The van der Waals surface area contributed by atoms with Crippen molar-refractivity contribution >= 4 is 21.6 Å². The topological polar surface area (TPSA) is 79.0 Å². The van der Waals surface area contributed by atoms with E-state index in [-0.39, 0.29) is 10.8 Å². The molecule has 0 aliphatic carbocycles. The van der Waals surface area contributed by atoms with Crippen molar-refractivity contribution in [3.05, 3.63) is 23.8 Å². The van der Waals surface area contributed by atoms with Crippen LogP contribution in [0.5, 0.6) is 0 Å². The van der Waals surface area contributed by atoms with Gasteiger partial charge in [-0.3, -0.25) is 4.79 Å². The smallest absolute Gasteiger partial charge is 0.259 e. The SMILES string of the molecule is COC1(C(=O)N2CCc3ccc(S(=O)(=O)N(C)C)cc32)CCNCC1. The minimum Gasteiger partial charge on any atom is -0.368 e. The van der Waals surface area contributed by atoms with E-state index >= 15 is 0 Å². The van der Waals surface area contributed by atoms with E-state index in [1.54, 1.807) is 30.2 Å². The lowest BCUT2D eigenvalue weighted by Gasteiger charge is -2.37. The molecule has 0 aromatic heterocycles. The van der Waals surface area contributed by atoms with Crippen molar-refractivity contribution in [1.29, 1.82) is 0 Å². The van der Waals surface area contributed by atoms with Crippen molar-refractivity contribution in [2.75, 3.05) is 45.7 Å². The van der Waals surface area contributed by atoms with Gasteiger partial charge in [0.1, 0.15) is 5.60 Å². The minimum atomic E-state index is -3.54. The molecule has 2 heterocycles. The van der Waals surface area contributed by atoms with E-state index in [0.29, 0.717) is 25.1 Å². The first-order valence-corrected chi connectivity index (χ1v) is 9.89. The fourth-order valence-corrected chi connectivity index (χ4v) is 4.45. The Morgan fingerprint density at radius 3 is 2.56 bits per heavy atom. The van der Waals surface area contributed by atoms with E-state index in [9.17, 15) is 13.2 Å². The molecule has 1 saturated heterocycles. The van der Waals surface area contributed by atoms with Gasteiger partial charge in [0, 0.05) is 33.4 Å². The van der Waals surface area contributed by atoms with Gasteiger partial charge in [-0.15, -0.1) is 0 Å². The van der Waals surface area contributed by atoms with Gasteiger partial charge in [-0.2, -0.15) is 0 Å². The van der Waals surface area contributed by atoms with Gasteiger partial charge in [-0.25, -0.2) is 12.7 Å². The standard InChI is InChI=1S/C17H25N3O4S/c1-19(2)25(22,23)14-5-4-13-6-11-20(15(13)12-14)16(21)17(24-3)7-9-18-10-8-17/h4-5,12,18H,6-11H2,1-3H3. The summed E-state index contributed by atoms with van der Waals surface area (Å²) in [7, 11) is 1.04. The average Bonchev–Trinajstić information content (AvgIpc) is 3.04. The molecule has 0 saturated carbocycles. The largest absolute Gasteiger partial charge is 0.368 e. The second-order valence-electron chi connectivity index (χ2n) is 6.73. The molecule has 2 aliphatic heterocycles. The molecule has 25 heavy (non-hydrogen) atoms. The third-order valence-corrected chi connectivity index (χ3v) is 6.98. The Bertz CT molecular complexity index is 770. The second kappa shape index (κ2) is 6.68. The summed E-state index contributed by atoms with van der Waals surface area (Å²) in [6.45, 7) is 2.02. The maximum absolute atomic E-state index is 13.2. The number of hydrogen-bond donors (Lipinski definition) is 1. The third-order valence-electron chi connectivity index (χ3n) is 5.17. The summed E-state index contributed by atoms with van der Waals surface area (Å²) in [5.74, 6) is -0.0744. The molecule has 138 valence electrons. The Morgan fingerprint density at radius 1 is 1.28 bits per heavy atom. The van der Waals surface area contributed by atoms with Crippen LogP contribution in [0.1, 0.15) is 18.4 Å². The second-order valence-corrected chi connectivity index (χ2v) is 8.88. The number of nitrogens with one attached hydrogen (secondary N) is 1. The van der Waals surface area contributed by atoms with Crippen molar-refractivity contribution in [3.8, 4) is 0 Å². The Hall–Kier alpha value is -1.48. The molecule has 2 aliphatic rings. The van der Waals surface area contributed by atoms with Gasteiger partial charge in [0.2, 0.25) is 10.0 Å². The zero-order chi connectivity index (χ0) is 18.2. The summed E-state index contributed by atoms with van der Waals surface area (Å²) in [5.41, 5.74) is 0.845. The number of sulfonamides is 1. The Balaban J connectivity index is 1.97. The van der Waals surface area contributed by atoms with E-state index in [1.165, 1.54) is 18.4 Å². The van der Waals surface area contributed by atoms with Crippen LogP contribution >= 0.6 is 0 Å². The highest BCUT2D eigenvalue weighted by Gasteiger charge is 2.44. The molecule has 8 heteroatoms. The number of rotatable bonds is 4. The van der Waals surface area contributed by atoms with Crippen LogP contribution in [0.25, 0.3) is 0 Å². The molecule has 0 bridgehead atoms. The van der Waals surface area contributed by atoms with E-state index in [2.05, 4.69) is 5.32 Å². The maximum Gasteiger partial charge on any atom is 0.259 e. The molecule has 0 atom stereocenters. The van der Waals surface area contributed by atoms with Crippen molar-refractivity contribution in [2.45, 2.75) is 29.8 Å². The number of carbonyl (C=O) groups is 1. The monoisotopic (exact) mass is 367 g/mol. The zero-order valence-electron chi connectivity index (χ0n) is 14.9. The minimum absolute atomic E-state index is 0.0744. The predicted octanol–water partition coefficient (Wildman–Crippen LogP) is 0.595. The Kier molecular flexibility index (Phi) is 4.89. The van der Waals surface area contributed by atoms with Crippen LogP contribution < -0.4 is 10.2 Å². The first-order chi connectivity index (χ1) is 11.8. The van der Waals surface area contributed by atoms with Crippen LogP contribution in [-0.2, 0) is 26.0 Å². The lowest BCUT2D eigenvalue weighted by atomic mass is 9.90. The average molecular weight is 367 g/mol. The maximum atomic E-state index is 13.2. The summed E-state index contributed by atoms with van der Waals surface area (Å²) in [4.78, 5) is 15.1. The van der Waals surface area contributed by atoms with Gasteiger partial charge >= 0.3 is 0 Å². The van der Waals surface area contributed by atoms with Crippen LogP contribution in [0.2, 0.25) is 0 Å². The molecule has 1 amide bonds. The fraction of sp³-hybridized carbons (Fsp3) is 0.588. The van der Waals surface area contributed by atoms with Crippen LogP contribution in [0.3, 0.4) is 0 Å². The number of fused-ring (bicyclic) bond motifs is 1. The number of methoxy groups -OCH3 is 1. The molecule has 1 aromatic rings. The lowest BCUT2D eigenvalue weighted by molar-refractivity contribution is -0.143. The number of piperidine rings is 1. The van der Waals surface area contributed by atoms with Crippen molar-refractivity contribution in [3.63, 3.8) is 0 Å². The van der Waals surface area contributed by atoms with Gasteiger partial charge in [-0.05, 0) is 50.0 Å². The number of hydrogen-bond acceptors (Lipinski definition) is 5. The number of amides is 1. The fourth-order valence-electron chi connectivity index (χ4n) is 3.52. The summed E-state index contributed by atoms with van der Waals surface area (Å²) in [6.07, 6.45) is 1.95. The van der Waals surface area contributed by atoms with Gasteiger partial charge in [-0.1, -0.05) is 6.07 Å². The highest BCUT2D eigenvalue weighted by Crippen LogP contribution is 2.35. The van der Waals surface area contributed by atoms with E-state index in [0.717, 1.165) is 25.1 Å². The first-order valence-electron chi connectivity index (χ1n) is 8.45. The quantitative estimate of drug-likeness (QED) is 0.843. The molecule has 1 aromatic carbocycles. The molecular weight excluding hydrogens is 342 g/mol. The Morgan fingerprint density at radius 2 is 1.96 bits per heavy atom. The van der Waals surface area contributed by atoms with Crippen molar-refractivity contribution < 1.29 is 17.9 Å². The first kappa shape index (κ1) is 18.3. The van der Waals surface area contributed by atoms with E-state index in [1.807, 2.05) is 0 Å². The highest BCUT2D eigenvalue weighted by atomic mass is 32.2. The molecule has 0 spiro atoms. The van der Waals surface area contributed by atoms with Crippen LogP contribution in [0.15, 0.2) is 23.1 Å². The third kappa shape index (κ3) is 3.08. The van der Waals surface area contributed by atoms with Crippen LogP contribution in [0, 0.1) is 0 Å². The van der Waals surface area contributed by atoms with Crippen molar-refractivity contribution in [1.82, 2.24) is 9.62 Å². The molecule has 3 rings (SSSR count). The normalized spacial score (nSPS) is 19.9. The predicted molar refractivity (Wildman–Crippen MR) is 95.2 cm³/mol. The lowest BCUT2D eigenvalue weighted by Crippen LogP contribution is -2.55. The summed E-state index contributed by atoms with van der Waals surface area (Å²) in [5, 5.41) is 3.24. The Labute approximate surface area is 149 Å². The number of ether oxygens (including phenoxy) is 1. The molecule has 1 N–H and O–H groups in total. The summed E-state index contributed by atoms with van der Waals surface area (Å²) < 4.78 is 31.7. The number of carbonyl (C=O) groups excluding carboxylic acids is 1. The van der Waals surface area contributed by atoms with Gasteiger partial charge in [0.15, 0.2) is 0 Å². The van der Waals surface area contributed by atoms with Gasteiger partial charge in [0.05, 0.1) is 4.90 Å². The number of nitrogens with zero attached hydrogens (tertiary/aromatic N) is 2. The number of anilines is 1. The molecular formula is C17H25N3O4S. The zero-order valence-corrected chi connectivity index (χ0v) is 15.7. The summed E-state index contributed by atoms with van der Waals surface area (Å²) in [6, 6.07) is 5.03. The van der Waals surface area contributed by atoms with Crippen LogP contribution in [-0.4, -0.2) is 65.1 Å².